The summed E-state index contributed by atoms with van der Waals surface area (Å²) < 4.78 is 13.7. The van der Waals surface area contributed by atoms with Crippen LogP contribution in [0.1, 0.15) is 29.1 Å². The Morgan fingerprint density at radius 1 is 1.19 bits per heavy atom. The molecule has 1 heterocycles. The SMILES string of the molecule is CNC(=O)c1c(OC(C)c2ccccc2)ccn1COCC[Si](C)(C)C. The molecule has 0 spiro atoms. The maximum atomic E-state index is 12.4. The largest absolute Gasteiger partial charge is 0.484 e. The van der Waals surface area contributed by atoms with Crippen LogP contribution in [0, 0.1) is 0 Å². The smallest absolute Gasteiger partial charge is 0.271 e. The molecule has 2 aromatic rings. The highest BCUT2D eigenvalue weighted by atomic mass is 28.3. The Labute approximate surface area is 157 Å². The van der Waals surface area contributed by atoms with E-state index >= 15 is 0 Å². The number of carbonyl (C=O) groups is 1. The average Bonchev–Trinajstić information content (AvgIpc) is 3.00. The maximum Gasteiger partial charge on any atom is 0.271 e. The molecular formula is C20H30N2O3Si. The van der Waals surface area contributed by atoms with Crippen LogP contribution in [0.2, 0.25) is 25.7 Å². The molecule has 1 N–H and O–H groups in total. The summed E-state index contributed by atoms with van der Waals surface area (Å²) >= 11 is 0. The van der Waals surface area contributed by atoms with Crippen molar-refractivity contribution < 1.29 is 14.3 Å². The Hall–Kier alpha value is -2.05. The third kappa shape index (κ3) is 5.74. The summed E-state index contributed by atoms with van der Waals surface area (Å²) in [7, 11) is 0.491. The van der Waals surface area contributed by atoms with E-state index in [0.29, 0.717) is 24.8 Å². The molecule has 0 aliphatic carbocycles. The summed E-state index contributed by atoms with van der Waals surface area (Å²) in [5.41, 5.74) is 1.55. The molecule has 0 saturated heterocycles. The third-order valence-electron chi connectivity index (χ3n) is 4.17. The van der Waals surface area contributed by atoms with Crippen molar-refractivity contribution in [3.63, 3.8) is 0 Å². The van der Waals surface area contributed by atoms with E-state index in [0.717, 1.165) is 11.6 Å². The Balaban J connectivity index is 2.09. The van der Waals surface area contributed by atoms with Gasteiger partial charge in [0.05, 0.1) is 0 Å². The fourth-order valence-corrected chi connectivity index (χ4v) is 3.30. The molecule has 0 aliphatic rings. The number of aromatic nitrogens is 1. The first-order valence-corrected chi connectivity index (χ1v) is 12.7. The molecule has 1 amide bonds. The zero-order chi connectivity index (χ0) is 19.2. The third-order valence-corrected chi connectivity index (χ3v) is 5.87. The van der Waals surface area contributed by atoms with E-state index in [1.165, 1.54) is 0 Å². The van der Waals surface area contributed by atoms with E-state index in [1.807, 2.05) is 49.5 Å². The Morgan fingerprint density at radius 3 is 2.50 bits per heavy atom. The highest BCUT2D eigenvalue weighted by Crippen LogP contribution is 2.26. The predicted molar refractivity (Wildman–Crippen MR) is 107 cm³/mol. The molecule has 1 aromatic heterocycles. The second kappa shape index (κ2) is 9.05. The van der Waals surface area contributed by atoms with E-state index < -0.39 is 8.07 Å². The van der Waals surface area contributed by atoms with Crippen LogP contribution in [0.4, 0.5) is 0 Å². The molecule has 1 aromatic carbocycles. The number of nitrogens with one attached hydrogen (secondary N) is 1. The van der Waals surface area contributed by atoms with Crippen molar-refractivity contribution in [2.24, 2.45) is 0 Å². The molecule has 0 aliphatic heterocycles. The molecule has 0 bridgehead atoms. The van der Waals surface area contributed by atoms with Crippen LogP contribution in [0.3, 0.4) is 0 Å². The first-order chi connectivity index (χ1) is 12.3. The van der Waals surface area contributed by atoms with Crippen molar-refractivity contribution in [3.8, 4) is 5.75 Å². The molecule has 0 saturated carbocycles. The normalized spacial score (nSPS) is 12.7. The molecule has 0 fully saturated rings. The Morgan fingerprint density at radius 2 is 1.88 bits per heavy atom. The Bertz CT molecular complexity index is 708. The highest BCUT2D eigenvalue weighted by Gasteiger charge is 2.20. The lowest BCUT2D eigenvalue weighted by atomic mass is 10.1. The minimum Gasteiger partial charge on any atom is -0.484 e. The van der Waals surface area contributed by atoms with Gasteiger partial charge in [0.1, 0.15) is 12.8 Å². The lowest BCUT2D eigenvalue weighted by Gasteiger charge is -2.17. The summed E-state index contributed by atoms with van der Waals surface area (Å²) in [5.74, 6) is 0.383. The van der Waals surface area contributed by atoms with Gasteiger partial charge >= 0.3 is 0 Å². The summed E-state index contributed by atoms with van der Waals surface area (Å²) in [6.45, 7) is 9.98. The van der Waals surface area contributed by atoms with Crippen LogP contribution in [0.5, 0.6) is 5.75 Å². The lowest BCUT2D eigenvalue weighted by molar-refractivity contribution is 0.0785. The van der Waals surface area contributed by atoms with E-state index in [-0.39, 0.29) is 12.0 Å². The number of nitrogens with zero attached hydrogens (tertiary/aromatic N) is 1. The molecule has 142 valence electrons. The van der Waals surface area contributed by atoms with Crippen molar-refractivity contribution >= 4 is 14.0 Å². The van der Waals surface area contributed by atoms with Gasteiger partial charge in [-0.05, 0) is 24.6 Å². The number of benzene rings is 1. The highest BCUT2D eigenvalue weighted by molar-refractivity contribution is 6.76. The fourth-order valence-electron chi connectivity index (χ4n) is 2.54. The van der Waals surface area contributed by atoms with Gasteiger partial charge < -0.3 is 19.4 Å². The van der Waals surface area contributed by atoms with Gasteiger partial charge in [-0.3, -0.25) is 4.79 Å². The number of hydrogen-bond acceptors (Lipinski definition) is 3. The summed E-state index contributed by atoms with van der Waals surface area (Å²) in [4.78, 5) is 12.4. The van der Waals surface area contributed by atoms with Crippen molar-refractivity contribution in [2.45, 2.75) is 45.4 Å². The fraction of sp³-hybridized carbons (Fsp3) is 0.450. The van der Waals surface area contributed by atoms with E-state index in [9.17, 15) is 4.79 Å². The van der Waals surface area contributed by atoms with Crippen LogP contribution in [0.15, 0.2) is 42.6 Å². The Kier molecular flexibility index (Phi) is 7.05. The summed E-state index contributed by atoms with van der Waals surface area (Å²) in [6, 6.07) is 12.9. The second-order valence-corrected chi connectivity index (χ2v) is 13.2. The van der Waals surface area contributed by atoms with Gasteiger partial charge in [-0.2, -0.15) is 0 Å². The number of ether oxygens (including phenoxy) is 2. The quantitative estimate of drug-likeness (QED) is 0.526. The first-order valence-electron chi connectivity index (χ1n) is 9.02. The van der Waals surface area contributed by atoms with Crippen LogP contribution in [-0.2, 0) is 11.5 Å². The standard InChI is InChI=1S/C20H30N2O3Si/c1-16(17-9-7-6-8-10-17)25-18-11-12-22(19(18)20(23)21-2)15-24-13-14-26(3,4)5/h6-12,16H,13-15H2,1-5H3,(H,21,23). The zero-order valence-electron chi connectivity index (χ0n) is 16.4. The minimum absolute atomic E-state index is 0.150. The predicted octanol–water partition coefficient (Wildman–Crippen LogP) is 4.30. The van der Waals surface area contributed by atoms with Crippen LogP contribution in [0.25, 0.3) is 0 Å². The molecule has 0 radical (unpaired) electrons. The van der Waals surface area contributed by atoms with Gasteiger partial charge in [0, 0.05) is 27.9 Å². The van der Waals surface area contributed by atoms with Gasteiger partial charge in [-0.1, -0.05) is 50.0 Å². The second-order valence-electron chi connectivity index (χ2n) is 7.60. The van der Waals surface area contributed by atoms with Gasteiger partial charge in [-0.15, -0.1) is 0 Å². The lowest BCUT2D eigenvalue weighted by Crippen LogP contribution is -2.24. The topological polar surface area (TPSA) is 52.5 Å². The average molecular weight is 375 g/mol. The van der Waals surface area contributed by atoms with Gasteiger partial charge in [-0.25, -0.2) is 0 Å². The molecule has 5 nitrogen and oxygen atoms in total. The monoisotopic (exact) mass is 374 g/mol. The van der Waals surface area contributed by atoms with Crippen molar-refractivity contribution in [2.75, 3.05) is 13.7 Å². The van der Waals surface area contributed by atoms with E-state index in [1.54, 1.807) is 11.6 Å². The number of carbonyl (C=O) groups excluding carboxylic acids is 1. The summed E-state index contributed by atoms with van der Waals surface area (Å²) in [6.07, 6.45) is 1.69. The van der Waals surface area contributed by atoms with Crippen LogP contribution < -0.4 is 10.1 Å². The summed E-state index contributed by atoms with van der Waals surface area (Å²) in [5, 5.41) is 2.69. The molecule has 1 unspecified atom stereocenters. The van der Waals surface area contributed by atoms with E-state index in [2.05, 4.69) is 25.0 Å². The molecule has 1 atom stereocenters. The maximum absolute atomic E-state index is 12.4. The zero-order valence-corrected chi connectivity index (χ0v) is 17.4. The number of rotatable bonds is 9. The van der Waals surface area contributed by atoms with Crippen molar-refractivity contribution in [1.82, 2.24) is 9.88 Å². The van der Waals surface area contributed by atoms with Gasteiger partial charge in [0.2, 0.25) is 0 Å². The van der Waals surface area contributed by atoms with Crippen LogP contribution in [-0.4, -0.2) is 32.2 Å². The number of amides is 1. The van der Waals surface area contributed by atoms with Crippen molar-refractivity contribution in [1.29, 1.82) is 0 Å². The van der Waals surface area contributed by atoms with Crippen LogP contribution >= 0.6 is 0 Å². The molecule has 6 heteroatoms. The first kappa shape index (κ1) is 20.3. The van der Waals surface area contributed by atoms with Gasteiger partial charge in [0.25, 0.3) is 5.91 Å². The molecular weight excluding hydrogens is 344 g/mol. The number of hydrogen-bond donors (Lipinski definition) is 1. The van der Waals surface area contributed by atoms with Crippen molar-refractivity contribution in [3.05, 3.63) is 53.9 Å². The van der Waals surface area contributed by atoms with E-state index in [4.69, 9.17) is 9.47 Å². The minimum atomic E-state index is -1.13. The molecule has 2 rings (SSSR count). The molecule has 26 heavy (non-hydrogen) atoms. The van der Waals surface area contributed by atoms with Gasteiger partial charge in [0.15, 0.2) is 11.4 Å².